The van der Waals surface area contributed by atoms with Crippen molar-refractivity contribution in [3.63, 3.8) is 0 Å². The summed E-state index contributed by atoms with van der Waals surface area (Å²) in [4.78, 5) is 31.0. The van der Waals surface area contributed by atoms with Crippen LogP contribution in [0.5, 0.6) is 0 Å². The van der Waals surface area contributed by atoms with E-state index in [4.69, 9.17) is 4.74 Å². The first-order valence-corrected chi connectivity index (χ1v) is 10.3. The molecule has 1 spiro atoms. The Kier molecular flexibility index (Phi) is 4.71. The second kappa shape index (κ2) is 7.56. The third kappa shape index (κ3) is 2.91. The molecule has 2 heterocycles. The summed E-state index contributed by atoms with van der Waals surface area (Å²) in [5.41, 5.74) is 2.50. The first-order valence-electron chi connectivity index (χ1n) is 10.3. The lowest BCUT2D eigenvalue weighted by molar-refractivity contribution is -0.127. The van der Waals surface area contributed by atoms with Crippen molar-refractivity contribution in [3.8, 4) is 0 Å². The molecule has 6 heteroatoms. The van der Waals surface area contributed by atoms with Crippen LogP contribution in [-0.2, 0) is 21.7 Å². The zero-order valence-electron chi connectivity index (χ0n) is 17.2. The number of ether oxygens (including phenoxy) is 1. The summed E-state index contributed by atoms with van der Waals surface area (Å²) in [6, 6.07) is 24.9. The minimum Gasteiger partial charge on any atom is -0.383 e. The Labute approximate surface area is 181 Å². The molecule has 0 aromatic heterocycles. The molecule has 0 bridgehead atoms. The predicted molar refractivity (Wildman–Crippen MR) is 119 cm³/mol. The number of nitrogens with one attached hydrogen (secondary N) is 1. The van der Waals surface area contributed by atoms with E-state index in [-0.39, 0.29) is 18.4 Å². The number of methoxy groups -OCH3 is 1. The van der Waals surface area contributed by atoms with Crippen LogP contribution >= 0.6 is 0 Å². The highest BCUT2D eigenvalue weighted by atomic mass is 16.5. The van der Waals surface area contributed by atoms with Crippen LogP contribution in [0.25, 0.3) is 0 Å². The van der Waals surface area contributed by atoms with E-state index in [1.165, 1.54) is 0 Å². The topological polar surface area (TPSA) is 61.9 Å². The molecule has 0 saturated carbocycles. The molecule has 3 aromatic rings. The number of benzene rings is 3. The van der Waals surface area contributed by atoms with Gasteiger partial charge in [0, 0.05) is 24.9 Å². The van der Waals surface area contributed by atoms with Gasteiger partial charge in [-0.05, 0) is 23.8 Å². The molecule has 0 unspecified atom stereocenters. The molecule has 0 aliphatic carbocycles. The quantitative estimate of drug-likeness (QED) is 0.694. The number of para-hydroxylation sites is 2. The predicted octanol–water partition coefficient (Wildman–Crippen LogP) is 3.60. The molecular formula is C25H23N3O3. The van der Waals surface area contributed by atoms with Crippen molar-refractivity contribution in [2.75, 3.05) is 30.5 Å². The summed E-state index contributed by atoms with van der Waals surface area (Å²) in [7, 11) is 1.59. The number of carbonyl (C=O) groups excluding carboxylic acids is 2. The van der Waals surface area contributed by atoms with Crippen molar-refractivity contribution < 1.29 is 14.3 Å². The summed E-state index contributed by atoms with van der Waals surface area (Å²) in [6.07, 6.45) is 0. The van der Waals surface area contributed by atoms with Crippen molar-refractivity contribution in [3.05, 3.63) is 95.6 Å². The lowest BCUT2D eigenvalue weighted by Crippen LogP contribution is -2.63. The fourth-order valence-corrected chi connectivity index (χ4v) is 4.53. The number of nitrogens with zero attached hydrogens (tertiary/aromatic N) is 2. The van der Waals surface area contributed by atoms with Gasteiger partial charge in [0.1, 0.15) is 0 Å². The zero-order chi connectivity index (χ0) is 21.4. The van der Waals surface area contributed by atoms with Gasteiger partial charge in [-0.3, -0.25) is 9.59 Å². The Morgan fingerprint density at radius 1 is 0.903 bits per heavy atom. The highest BCUT2D eigenvalue weighted by Crippen LogP contribution is 2.48. The summed E-state index contributed by atoms with van der Waals surface area (Å²) < 4.78 is 5.28. The van der Waals surface area contributed by atoms with E-state index in [9.17, 15) is 9.59 Å². The monoisotopic (exact) mass is 413 g/mol. The summed E-state index contributed by atoms with van der Waals surface area (Å²) in [5.74, 6) is -0.354. The van der Waals surface area contributed by atoms with Gasteiger partial charge in [0.2, 0.25) is 5.66 Å². The molecule has 6 nitrogen and oxygen atoms in total. The molecule has 0 saturated heterocycles. The number of hydrogen-bond acceptors (Lipinski definition) is 4. The molecule has 1 N–H and O–H groups in total. The number of fused-ring (bicyclic) bond motifs is 3. The number of rotatable bonds is 5. The molecule has 2 amide bonds. The second-order valence-electron chi connectivity index (χ2n) is 7.72. The van der Waals surface area contributed by atoms with Crippen LogP contribution in [0.3, 0.4) is 0 Å². The van der Waals surface area contributed by atoms with Gasteiger partial charge in [0.05, 0.1) is 24.4 Å². The summed E-state index contributed by atoms with van der Waals surface area (Å²) >= 11 is 0. The molecule has 31 heavy (non-hydrogen) atoms. The van der Waals surface area contributed by atoms with Gasteiger partial charge in [-0.1, -0.05) is 60.7 Å². The molecule has 2 aliphatic rings. The lowest BCUT2D eigenvalue weighted by Gasteiger charge is -2.45. The minimum atomic E-state index is -1.31. The van der Waals surface area contributed by atoms with Gasteiger partial charge in [-0.2, -0.15) is 0 Å². The van der Waals surface area contributed by atoms with Crippen molar-refractivity contribution in [2.45, 2.75) is 12.2 Å². The third-order valence-electron chi connectivity index (χ3n) is 5.96. The van der Waals surface area contributed by atoms with Gasteiger partial charge >= 0.3 is 0 Å². The Morgan fingerprint density at radius 2 is 1.61 bits per heavy atom. The second-order valence-corrected chi connectivity index (χ2v) is 7.72. The molecule has 0 fully saturated rings. The normalized spacial score (nSPS) is 19.4. The number of amides is 2. The number of anilines is 2. The lowest BCUT2D eigenvalue weighted by atomic mass is 9.93. The Bertz CT molecular complexity index is 1150. The van der Waals surface area contributed by atoms with Gasteiger partial charge < -0.3 is 19.9 Å². The van der Waals surface area contributed by atoms with E-state index in [1.54, 1.807) is 23.0 Å². The van der Waals surface area contributed by atoms with Crippen LogP contribution in [0.2, 0.25) is 0 Å². The van der Waals surface area contributed by atoms with E-state index in [1.807, 2.05) is 72.8 Å². The van der Waals surface area contributed by atoms with E-state index < -0.39 is 5.66 Å². The molecule has 0 radical (unpaired) electrons. The Balaban J connectivity index is 1.67. The van der Waals surface area contributed by atoms with Crippen molar-refractivity contribution in [2.24, 2.45) is 0 Å². The van der Waals surface area contributed by atoms with Gasteiger partial charge in [0.25, 0.3) is 11.8 Å². The SMILES string of the molecule is COCCN1C(=O)c2ccccc2N[C@@]12C(=O)N(Cc1ccccc1)c1ccccc12. The molecule has 156 valence electrons. The smallest absolute Gasteiger partial charge is 0.279 e. The summed E-state index contributed by atoms with van der Waals surface area (Å²) in [6.45, 7) is 1.04. The standard InChI is InChI=1S/C25H23N3O3/c1-31-16-15-28-23(29)19-11-5-7-13-21(19)26-25(28)20-12-6-8-14-22(20)27(24(25)30)17-18-9-3-2-4-10-18/h2-14,26H,15-17H2,1H3/t25-/m1/s1. The van der Waals surface area contributed by atoms with Crippen molar-refractivity contribution >= 4 is 23.2 Å². The van der Waals surface area contributed by atoms with Gasteiger partial charge in [-0.15, -0.1) is 0 Å². The highest BCUT2D eigenvalue weighted by molar-refractivity contribution is 6.15. The fraction of sp³-hybridized carbons (Fsp3) is 0.200. The molecule has 5 rings (SSSR count). The fourth-order valence-electron chi connectivity index (χ4n) is 4.53. The average molecular weight is 413 g/mol. The third-order valence-corrected chi connectivity index (χ3v) is 5.96. The van der Waals surface area contributed by atoms with E-state index in [0.717, 1.165) is 16.8 Å². The first kappa shape index (κ1) is 19.3. The number of hydrogen-bond donors (Lipinski definition) is 1. The highest BCUT2D eigenvalue weighted by Gasteiger charge is 2.58. The first-order chi connectivity index (χ1) is 15.2. The summed E-state index contributed by atoms with van der Waals surface area (Å²) in [5, 5.41) is 3.44. The molecule has 1 atom stereocenters. The minimum absolute atomic E-state index is 0.170. The van der Waals surface area contributed by atoms with Crippen LogP contribution in [0.1, 0.15) is 21.5 Å². The van der Waals surface area contributed by atoms with Crippen LogP contribution in [-0.4, -0.2) is 37.0 Å². The van der Waals surface area contributed by atoms with Crippen molar-refractivity contribution in [1.82, 2.24) is 4.90 Å². The van der Waals surface area contributed by atoms with Crippen LogP contribution in [0.4, 0.5) is 11.4 Å². The maximum Gasteiger partial charge on any atom is 0.279 e. The molecule has 3 aromatic carbocycles. The average Bonchev–Trinajstić information content (AvgIpc) is 3.03. The van der Waals surface area contributed by atoms with Gasteiger partial charge in [-0.25, -0.2) is 0 Å². The van der Waals surface area contributed by atoms with E-state index >= 15 is 0 Å². The maximum absolute atomic E-state index is 14.1. The molecule has 2 aliphatic heterocycles. The Hall–Kier alpha value is -3.64. The zero-order valence-corrected chi connectivity index (χ0v) is 17.2. The van der Waals surface area contributed by atoms with Crippen LogP contribution < -0.4 is 10.2 Å². The number of carbonyl (C=O) groups is 2. The van der Waals surface area contributed by atoms with Crippen molar-refractivity contribution in [1.29, 1.82) is 0 Å². The Morgan fingerprint density at radius 3 is 2.42 bits per heavy atom. The van der Waals surface area contributed by atoms with Gasteiger partial charge in [0.15, 0.2) is 0 Å². The van der Waals surface area contributed by atoms with E-state index in [2.05, 4.69) is 5.32 Å². The molecular weight excluding hydrogens is 390 g/mol. The maximum atomic E-state index is 14.1. The van der Waals surface area contributed by atoms with E-state index in [0.29, 0.717) is 24.4 Å². The largest absolute Gasteiger partial charge is 0.383 e. The van der Waals surface area contributed by atoms with Crippen LogP contribution in [0, 0.1) is 0 Å². The van der Waals surface area contributed by atoms with Crippen LogP contribution in [0.15, 0.2) is 78.9 Å².